The number of piperidine rings is 1. The Bertz CT molecular complexity index is 672. The highest BCUT2D eigenvalue weighted by Crippen LogP contribution is 2.34. The van der Waals surface area contributed by atoms with Crippen molar-refractivity contribution in [3.63, 3.8) is 0 Å². The van der Waals surface area contributed by atoms with Gasteiger partial charge in [0, 0.05) is 30.6 Å². The van der Waals surface area contributed by atoms with E-state index in [0.29, 0.717) is 6.04 Å². The van der Waals surface area contributed by atoms with Crippen molar-refractivity contribution < 1.29 is 4.39 Å². The molecule has 2 aliphatic heterocycles. The minimum atomic E-state index is -0.219. The zero-order valence-corrected chi connectivity index (χ0v) is 12.3. The summed E-state index contributed by atoms with van der Waals surface area (Å²) in [5.74, 6) is 1.56. The highest BCUT2D eigenvalue weighted by Gasteiger charge is 2.37. The van der Waals surface area contributed by atoms with Crippen molar-refractivity contribution in [3.05, 3.63) is 36.1 Å². The van der Waals surface area contributed by atoms with Crippen molar-refractivity contribution in [2.24, 2.45) is 5.92 Å². The second-order valence-corrected chi connectivity index (χ2v) is 6.37. The van der Waals surface area contributed by atoms with Gasteiger partial charge in [0.1, 0.15) is 11.6 Å². The third kappa shape index (κ3) is 2.27. The molecular weight excluding hydrogens is 265 g/mol. The number of hydrogen-bond acceptors (Lipinski definition) is 3. The Morgan fingerprint density at radius 1 is 1.14 bits per heavy atom. The third-order valence-corrected chi connectivity index (χ3v) is 5.00. The number of hydrogen-bond donors (Lipinski definition) is 0. The SMILES string of the molecule is CN1CC[C@H]2CCN(c3ccc4ccc(F)cc4n3)[C@H]2C1. The van der Waals surface area contributed by atoms with E-state index in [4.69, 9.17) is 4.98 Å². The fourth-order valence-electron chi connectivity index (χ4n) is 3.82. The van der Waals surface area contributed by atoms with Crippen LogP contribution in [0, 0.1) is 11.7 Å². The Kier molecular flexibility index (Phi) is 3.07. The van der Waals surface area contributed by atoms with Crippen LogP contribution in [-0.4, -0.2) is 42.6 Å². The number of pyridine rings is 1. The molecule has 2 saturated heterocycles. The zero-order valence-electron chi connectivity index (χ0n) is 12.3. The van der Waals surface area contributed by atoms with Gasteiger partial charge in [-0.15, -0.1) is 0 Å². The maximum absolute atomic E-state index is 13.4. The molecule has 1 aromatic carbocycles. The number of likely N-dealkylation sites (N-methyl/N-ethyl adjacent to an activating group) is 1. The number of benzene rings is 1. The Hall–Kier alpha value is -1.68. The lowest BCUT2D eigenvalue weighted by atomic mass is 9.92. The van der Waals surface area contributed by atoms with E-state index in [0.717, 1.165) is 35.7 Å². The van der Waals surface area contributed by atoms with E-state index in [1.807, 2.05) is 0 Å². The van der Waals surface area contributed by atoms with Crippen molar-refractivity contribution in [3.8, 4) is 0 Å². The first-order valence-electron chi connectivity index (χ1n) is 7.72. The topological polar surface area (TPSA) is 19.4 Å². The lowest BCUT2D eigenvalue weighted by molar-refractivity contribution is 0.208. The molecule has 2 aliphatic rings. The first-order valence-corrected chi connectivity index (χ1v) is 7.72. The molecule has 2 fully saturated rings. The van der Waals surface area contributed by atoms with Gasteiger partial charge < -0.3 is 9.80 Å². The number of halogens is 1. The highest BCUT2D eigenvalue weighted by molar-refractivity contribution is 5.80. The third-order valence-electron chi connectivity index (χ3n) is 5.00. The summed E-state index contributed by atoms with van der Waals surface area (Å²) in [7, 11) is 2.19. The Balaban J connectivity index is 1.69. The maximum Gasteiger partial charge on any atom is 0.129 e. The summed E-state index contributed by atoms with van der Waals surface area (Å²) in [6.07, 6.45) is 2.53. The zero-order chi connectivity index (χ0) is 14.4. The van der Waals surface area contributed by atoms with E-state index in [1.165, 1.54) is 31.5 Å². The van der Waals surface area contributed by atoms with Crippen molar-refractivity contribution in [2.75, 3.05) is 31.6 Å². The molecule has 2 aromatic rings. The van der Waals surface area contributed by atoms with E-state index >= 15 is 0 Å². The van der Waals surface area contributed by atoms with Gasteiger partial charge in [-0.05, 0) is 56.6 Å². The predicted octanol–water partition coefficient (Wildman–Crippen LogP) is 2.90. The molecule has 0 bridgehead atoms. The molecule has 110 valence electrons. The molecule has 0 saturated carbocycles. The number of nitrogens with zero attached hydrogens (tertiary/aromatic N) is 3. The molecule has 3 nitrogen and oxygen atoms in total. The summed E-state index contributed by atoms with van der Waals surface area (Å²) < 4.78 is 13.4. The lowest BCUT2D eigenvalue weighted by Gasteiger charge is -2.37. The van der Waals surface area contributed by atoms with Crippen LogP contribution in [0.5, 0.6) is 0 Å². The van der Waals surface area contributed by atoms with Crippen LogP contribution in [0.4, 0.5) is 10.2 Å². The van der Waals surface area contributed by atoms with Crippen LogP contribution in [0.2, 0.25) is 0 Å². The summed E-state index contributed by atoms with van der Waals surface area (Å²) in [6.45, 7) is 3.37. The van der Waals surface area contributed by atoms with Gasteiger partial charge in [-0.2, -0.15) is 0 Å². The smallest absolute Gasteiger partial charge is 0.129 e. The summed E-state index contributed by atoms with van der Waals surface area (Å²) in [6, 6.07) is 9.50. The van der Waals surface area contributed by atoms with Crippen molar-refractivity contribution >= 4 is 16.7 Å². The molecule has 0 unspecified atom stereocenters. The lowest BCUT2D eigenvalue weighted by Crippen LogP contribution is -2.46. The first-order chi connectivity index (χ1) is 10.2. The summed E-state index contributed by atoms with van der Waals surface area (Å²) in [5.41, 5.74) is 0.750. The standard InChI is InChI=1S/C17H20FN3/c1-20-8-6-13-7-9-21(16(13)11-20)17-5-3-12-2-4-14(18)10-15(12)19-17/h2-5,10,13,16H,6-9,11H2,1H3/t13-,16-/m0/s1. The summed E-state index contributed by atoms with van der Waals surface area (Å²) >= 11 is 0. The molecule has 3 heterocycles. The van der Waals surface area contributed by atoms with E-state index < -0.39 is 0 Å². The first kappa shape index (κ1) is 13.0. The van der Waals surface area contributed by atoms with Gasteiger partial charge in [0.15, 0.2) is 0 Å². The number of likely N-dealkylation sites (tertiary alicyclic amines) is 1. The minimum absolute atomic E-state index is 0.219. The minimum Gasteiger partial charge on any atom is -0.352 e. The number of anilines is 1. The Morgan fingerprint density at radius 3 is 2.86 bits per heavy atom. The number of fused-ring (bicyclic) bond motifs is 2. The molecule has 0 spiro atoms. The maximum atomic E-state index is 13.4. The molecule has 0 N–H and O–H groups in total. The van der Waals surface area contributed by atoms with Crippen LogP contribution in [0.15, 0.2) is 30.3 Å². The molecular formula is C17H20FN3. The molecule has 0 radical (unpaired) electrons. The number of aromatic nitrogens is 1. The molecule has 2 atom stereocenters. The largest absolute Gasteiger partial charge is 0.352 e. The monoisotopic (exact) mass is 285 g/mol. The van der Waals surface area contributed by atoms with Crippen LogP contribution < -0.4 is 4.90 Å². The van der Waals surface area contributed by atoms with E-state index in [2.05, 4.69) is 29.0 Å². The highest BCUT2D eigenvalue weighted by atomic mass is 19.1. The average molecular weight is 285 g/mol. The second-order valence-electron chi connectivity index (χ2n) is 6.37. The molecule has 21 heavy (non-hydrogen) atoms. The van der Waals surface area contributed by atoms with Gasteiger partial charge >= 0.3 is 0 Å². The van der Waals surface area contributed by atoms with E-state index in [9.17, 15) is 4.39 Å². The van der Waals surface area contributed by atoms with Crippen LogP contribution in [0.1, 0.15) is 12.8 Å². The van der Waals surface area contributed by atoms with Crippen molar-refractivity contribution in [2.45, 2.75) is 18.9 Å². The molecule has 1 aromatic heterocycles. The average Bonchev–Trinajstić information content (AvgIpc) is 2.89. The van der Waals surface area contributed by atoms with Gasteiger partial charge in [-0.1, -0.05) is 0 Å². The second kappa shape index (κ2) is 4.95. The van der Waals surface area contributed by atoms with E-state index in [1.54, 1.807) is 6.07 Å². The Labute approximate surface area is 124 Å². The molecule has 0 amide bonds. The summed E-state index contributed by atoms with van der Waals surface area (Å²) in [4.78, 5) is 9.53. The fraction of sp³-hybridized carbons (Fsp3) is 0.471. The normalized spacial score (nSPS) is 26.3. The van der Waals surface area contributed by atoms with Crippen LogP contribution in [-0.2, 0) is 0 Å². The molecule has 4 rings (SSSR count). The van der Waals surface area contributed by atoms with Gasteiger partial charge in [0.2, 0.25) is 0 Å². The van der Waals surface area contributed by atoms with Crippen LogP contribution in [0.3, 0.4) is 0 Å². The van der Waals surface area contributed by atoms with E-state index in [-0.39, 0.29) is 5.82 Å². The van der Waals surface area contributed by atoms with Crippen molar-refractivity contribution in [1.29, 1.82) is 0 Å². The van der Waals surface area contributed by atoms with Gasteiger partial charge in [0.25, 0.3) is 0 Å². The molecule has 0 aliphatic carbocycles. The quantitative estimate of drug-likeness (QED) is 0.803. The van der Waals surface area contributed by atoms with Crippen LogP contribution in [0.25, 0.3) is 10.9 Å². The van der Waals surface area contributed by atoms with Gasteiger partial charge in [0.05, 0.1) is 5.52 Å². The van der Waals surface area contributed by atoms with Crippen LogP contribution >= 0.6 is 0 Å². The number of rotatable bonds is 1. The Morgan fingerprint density at radius 2 is 1.95 bits per heavy atom. The van der Waals surface area contributed by atoms with Crippen molar-refractivity contribution in [1.82, 2.24) is 9.88 Å². The fourth-order valence-corrected chi connectivity index (χ4v) is 3.82. The predicted molar refractivity (Wildman–Crippen MR) is 83.1 cm³/mol. The van der Waals surface area contributed by atoms with Gasteiger partial charge in [-0.25, -0.2) is 9.37 Å². The van der Waals surface area contributed by atoms with Gasteiger partial charge in [-0.3, -0.25) is 0 Å². The molecule has 4 heteroatoms. The summed E-state index contributed by atoms with van der Waals surface area (Å²) in [5, 5.41) is 0.997.